The van der Waals surface area contributed by atoms with Crippen molar-refractivity contribution in [3.63, 3.8) is 0 Å². The van der Waals surface area contributed by atoms with Gasteiger partial charge in [-0.2, -0.15) is 0 Å². The summed E-state index contributed by atoms with van der Waals surface area (Å²) < 4.78 is 5.34. The van der Waals surface area contributed by atoms with Crippen molar-refractivity contribution in [3.05, 3.63) is 35.4 Å². The van der Waals surface area contributed by atoms with Crippen LogP contribution in [0.1, 0.15) is 54.9 Å². The number of benzene rings is 1. The van der Waals surface area contributed by atoms with Crippen LogP contribution in [0.5, 0.6) is 0 Å². The minimum Gasteiger partial charge on any atom is -0.382 e. The highest BCUT2D eigenvalue weighted by atomic mass is 127. The average molecular weight is 502 g/mol. The van der Waals surface area contributed by atoms with E-state index in [4.69, 9.17) is 4.74 Å². The van der Waals surface area contributed by atoms with Gasteiger partial charge in [-0.05, 0) is 56.7 Å². The second-order valence-electron chi connectivity index (χ2n) is 6.81. The predicted molar refractivity (Wildman–Crippen MR) is 126 cm³/mol. The van der Waals surface area contributed by atoms with Gasteiger partial charge >= 0.3 is 0 Å². The van der Waals surface area contributed by atoms with Crippen LogP contribution in [0.2, 0.25) is 0 Å². The Morgan fingerprint density at radius 2 is 1.82 bits per heavy atom. The summed E-state index contributed by atoms with van der Waals surface area (Å²) in [7, 11) is 1.77. The van der Waals surface area contributed by atoms with E-state index in [1.54, 1.807) is 7.05 Å². The third-order valence-electron chi connectivity index (χ3n) is 4.74. The lowest BCUT2D eigenvalue weighted by atomic mass is 10.1. The van der Waals surface area contributed by atoms with Crippen LogP contribution in [0, 0.1) is 0 Å². The zero-order valence-corrected chi connectivity index (χ0v) is 19.5. The van der Waals surface area contributed by atoms with E-state index < -0.39 is 0 Å². The lowest BCUT2D eigenvalue weighted by molar-refractivity contribution is 0.0724. The van der Waals surface area contributed by atoms with E-state index in [1.807, 2.05) is 36.1 Å². The number of nitrogens with zero attached hydrogens (tertiary/aromatic N) is 2. The van der Waals surface area contributed by atoms with E-state index in [0.717, 1.165) is 75.6 Å². The molecular weight excluding hydrogens is 467 g/mol. The molecule has 0 bridgehead atoms. The SMILES string of the molecule is CCOCCCCNC(=NC)NCc1ccc(C(=O)N2CCCCC2)cc1.I. The van der Waals surface area contributed by atoms with E-state index in [-0.39, 0.29) is 29.9 Å². The molecule has 1 aromatic carbocycles. The molecule has 0 atom stereocenters. The first-order chi connectivity index (χ1) is 13.2. The number of hydrogen-bond acceptors (Lipinski definition) is 3. The number of amides is 1. The van der Waals surface area contributed by atoms with E-state index in [9.17, 15) is 4.79 Å². The Hall–Kier alpha value is -1.35. The second kappa shape index (κ2) is 14.6. The fourth-order valence-corrected chi connectivity index (χ4v) is 3.13. The van der Waals surface area contributed by atoms with Crippen LogP contribution in [0.25, 0.3) is 0 Å². The van der Waals surface area contributed by atoms with Crippen LogP contribution >= 0.6 is 24.0 Å². The molecule has 158 valence electrons. The summed E-state index contributed by atoms with van der Waals surface area (Å²) in [5.74, 6) is 0.943. The van der Waals surface area contributed by atoms with Crippen LogP contribution in [0.3, 0.4) is 0 Å². The molecular formula is C21H35IN4O2. The van der Waals surface area contributed by atoms with Gasteiger partial charge in [-0.25, -0.2) is 0 Å². The summed E-state index contributed by atoms with van der Waals surface area (Å²) in [6.07, 6.45) is 5.56. The third kappa shape index (κ3) is 8.77. The van der Waals surface area contributed by atoms with E-state index >= 15 is 0 Å². The fourth-order valence-electron chi connectivity index (χ4n) is 3.13. The Balaban J connectivity index is 0.00000392. The molecule has 6 nitrogen and oxygen atoms in total. The molecule has 1 aliphatic heterocycles. The zero-order chi connectivity index (χ0) is 19.3. The molecule has 1 aliphatic rings. The summed E-state index contributed by atoms with van der Waals surface area (Å²) in [5, 5.41) is 6.62. The first-order valence-corrected chi connectivity index (χ1v) is 10.1. The van der Waals surface area contributed by atoms with Crippen molar-refractivity contribution < 1.29 is 9.53 Å². The van der Waals surface area contributed by atoms with Crippen molar-refractivity contribution >= 4 is 35.8 Å². The lowest BCUT2D eigenvalue weighted by Gasteiger charge is -2.26. The second-order valence-corrected chi connectivity index (χ2v) is 6.81. The molecule has 1 saturated heterocycles. The topological polar surface area (TPSA) is 66.0 Å². The summed E-state index contributed by atoms with van der Waals surface area (Å²) >= 11 is 0. The predicted octanol–water partition coefficient (Wildman–Crippen LogP) is 3.41. The molecule has 2 N–H and O–H groups in total. The average Bonchev–Trinajstić information content (AvgIpc) is 2.73. The maximum absolute atomic E-state index is 12.5. The van der Waals surface area contributed by atoms with Crippen LogP contribution in [-0.4, -0.2) is 56.7 Å². The van der Waals surface area contributed by atoms with Crippen molar-refractivity contribution in [2.45, 2.75) is 45.6 Å². The third-order valence-corrected chi connectivity index (χ3v) is 4.74. The molecule has 0 saturated carbocycles. The van der Waals surface area contributed by atoms with Crippen molar-refractivity contribution in [2.24, 2.45) is 4.99 Å². The summed E-state index contributed by atoms with van der Waals surface area (Å²) in [4.78, 5) is 18.7. The normalized spacial score (nSPS) is 14.4. The number of ether oxygens (including phenoxy) is 1. The number of rotatable bonds is 9. The van der Waals surface area contributed by atoms with Gasteiger partial charge in [-0.15, -0.1) is 24.0 Å². The molecule has 0 aromatic heterocycles. The van der Waals surface area contributed by atoms with Crippen LogP contribution < -0.4 is 10.6 Å². The number of carbonyl (C=O) groups is 1. The highest BCUT2D eigenvalue weighted by molar-refractivity contribution is 14.0. The Kier molecular flexibility index (Phi) is 12.9. The number of halogens is 1. The molecule has 2 rings (SSSR count). The molecule has 0 aliphatic carbocycles. The van der Waals surface area contributed by atoms with E-state index in [0.29, 0.717) is 6.54 Å². The number of likely N-dealkylation sites (tertiary alicyclic amines) is 1. The van der Waals surface area contributed by atoms with Gasteiger partial charge in [0.05, 0.1) is 0 Å². The van der Waals surface area contributed by atoms with Crippen LogP contribution in [0.15, 0.2) is 29.3 Å². The van der Waals surface area contributed by atoms with Crippen LogP contribution in [-0.2, 0) is 11.3 Å². The minimum atomic E-state index is 0. The lowest BCUT2D eigenvalue weighted by Crippen LogP contribution is -2.37. The number of unbranched alkanes of at least 4 members (excludes halogenated alkanes) is 1. The number of guanidine groups is 1. The Morgan fingerprint density at radius 1 is 1.11 bits per heavy atom. The molecule has 0 unspecified atom stereocenters. The molecule has 28 heavy (non-hydrogen) atoms. The Morgan fingerprint density at radius 3 is 2.46 bits per heavy atom. The fraction of sp³-hybridized carbons (Fsp3) is 0.619. The molecule has 1 aromatic rings. The van der Waals surface area contributed by atoms with Gasteiger partial charge in [0.25, 0.3) is 5.91 Å². The highest BCUT2D eigenvalue weighted by Gasteiger charge is 2.17. The smallest absolute Gasteiger partial charge is 0.253 e. The van der Waals surface area contributed by atoms with Gasteiger partial charge in [0.15, 0.2) is 5.96 Å². The standard InChI is InChI=1S/C21H34N4O2.HI/c1-3-27-16-8-5-13-23-21(22-2)24-17-18-9-11-19(12-10-18)20(26)25-14-6-4-7-15-25;/h9-12H,3-8,13-17H2,1-2H3,(H2,22,23,24);1H. The first-order valence-electron chi connectivity index (χ1n) is 10.1. The van der Waals surface area contributed by atoms with Crippen LogP contribution in [0.4, 0.5) is 0 Å². The van der Waals surface area contributed by atoms with E-state index in [2.05, 4.69) is 15.6 Å². The number of aliphatic imine (C=N–C) groups is 1. The Labute approximate surface area is 186 Å². The minimum absolute atomic E-state index is 0. The van der Waals surface area contributed by atoms with Gasteiger partial charge in [0, 0.05) is 52.0 Å². The first kappa shape index (κ1) is 24.7. The molecule has 0 spiro atoms. The zero-order valence-electron chi connectivity index (χ0n) is 17.2. The van der Waals surface area contributed by atoms with Crippen molar-refractivity contribution in [1.82, 2.24) is 15.5 Å². The van der Waals surface area contributed by atoms with Crippen molar-refractivity contribution in [1.29, 1.82) is 0 Å². The van der Waals surface area contributed by atoms with Crippen molar-refractivity contribution in [3.8, 4) is 0 Å². The maximum atomic E-state index is 12.5. The number of nitrogens with one attached hydrogen (secondary N) is 2. The van der Waals surface area contributed by atoms with Gasteiger partial charge in [-0.1, -0.05) is 12.1 Å². The van der Waals surface area contributed by atoms with Gasteiger partial charge in [0.2, 0.25) is 0 Å². The van der Waals surface area contributed by atoms with Gasteiger partial charge in [-0.3, -0.25) is 9.79 Å². The largest absolute Gasteiger partial charge is 0.382 e. The molecule has 1 amide bonds. The number of piperidine rings is 1. The molecule has 7 heteroatoms. The number of carbonyl (C=O) groups excluding carboxylic acids is 1. The monoisotopic (exact) mass is 502 g/mol. The Bertz CT molecular complexity index is 587. The molecule has 1 heterocycles. The molecule has 1 fully saturated rings. The molecule has 0 radical (unpaired) electrons. The number of hydrogen-bond donors (Lipinski definition) is 2. The summed E-state index contributed by atoms with van der Waals surface area (Å²) in [5.41, 5.74) is 1.90. The highest BCUT2D eigenvalue weighted by Crippen LogP contribution is 2.13. The van der Waals surface area contributed by atoms with Gasteiger partial charge < -0.3 is 20.3 Å². The quantitative estimate of drug-likeness (QED) is 0.235. The summed E-state index contributed by atoms with van der Waals surface area (Å²) in [6.45, 7) is 6.92. The maximum Gasteiger partial charge on any atom is 0.253 e. The van der Waals surface area contributed by atoms with Gasteiger partial charge in [0.1, 0.15) is 0 Å². The van der Waals surface area contributed by atoms with Crippen molar-refractivity contribution in [2.75, 3.05) is 39.9 Å². The summed E-state index contributed by atoms with van der Waals surface area (Å²) in [6, 6.07) is 7.88. The van der Waals surface area contributed by atoms with E-state index in [1.165, 1.54) is 6.42 Å².